The van der Waals surface area contributed by atoms with Crippen molar-refractivity contribution in [1.82, 2.24) is 0 Å². The standard InChI is InChI=1S/C22H24O4/c1-12-5-4-8-22(10-12)11-18(23)17-9-16-14-6-3-7-15(14)21(24)25-19(16)13(2)20(17)26-22/h9,12H,3-8,10-11H2,1-2H3/t12-,22-/m0/s1. The van der Waals surface area contributed by atoms with Crippen LogP contribution in [0, 0.1) is 12.8 Å². The highest BCUT2D eigenvalue weighted by atomic mass is 16.5. The number of Topliss-reactive ketones (excluding diaryl/α,β-unsaturated/α-hetero) is 1. The van der Waals surface area contributed by atoms with E-state index in [4.69, 9.17) is 9.15 Å². The van der Waals surface area contributed by atoms with Crippen LogP contribution in [0.25, 0.3) is 11.0 Å². The molecule has 136 valence electrons. The van der Waals surface area contributed by atoms with Crippen LogP contribution in [0.3, 0.4) is 0 Å². The molecule has 0 unspecified atom stereocenters. The second-order valence-electron chi connectivity index (χ2n) is 8.54. The van der Waals surface area contributed by atoms with Gasteiger partial charge in [-0.05, 0) is 63.0 Å². The fourth-order valence-corrected chi connectivity index (χ4v) is 5.40. The summed E-state index contributed by atoms with van der Waals surface area (Å²) in [6.07, 6.45) is 7.23. The van der Waals surface area contributed by atoms with E-state index in [2.05, 4.69) is 6.92 Å². The zero-order chi connectivity index (χ0) is 18.1. The van der Waals surface area contributed by atoms with E-state index >= 15 is 0 Å². The molecule has 4 heteroatoms. The molecule has 1 aliphatic heterocycles. The van der Waals surface area contributed by atoms with Crippen LogP contribution in [0.5, 0.6) is 5.75 Å². The van der Waals surface area contributed by atoms with Gasteiger partial charge in [-0.3, -0.25) is 4.79 Å². The van der Waals surface area contributed by atoms with E-state index in [0.717, 1.165) is 60.6 Å². The number of ether oxygens (including phenoxy) is 1. The van der Waals surface area contributed by atoms with Crippen molar-refractivity contribution in [1.29, 1.82) is 0 Å². The fraction of sp³-hybridized carbons (Fsp3) is 0.545. The lowest BCUT2D eigenvalue weighted by Crippen LogP contribution is -2.45. The zero-order valence-electron chi connectivity index (χ0n) is 15.4. The lowest BCUT2D eigenvalue weighted by molar-refractivity contribution is -0.00127. The Morgan fingerprint density at radius 1 is 1.15 bits per heavy atom. The van der Waals surface area contributed by atoms with Crippen molar-refractivity contribution in [3.63, 3.8) is 0 Å². The molecule has 1 aromatic heterocycles. The number of carbonyl (C=O) groups is 1. The maximum atomic E-state index is 13.1. The van der Waals surface area contributed by atoms with Crippen LogP contribution in [0.4, 0.5) is 0 Å². The first kappa shape index (κ1) is 16.1. The highest BCUT2D eigenvalue weighted by molar-refractivity contribution is 6.05. The average molecular weight is 352 g/mol. The minimum atomic E-state index is -0.378. The van der Waals surface area contributed by atoms with Gasteiger partial charge in [0.25, 0.3) is 0 Å². The molecule has 2 aliphatic carbocycles. The van der Waals surface area contributed by atoms with Gasteiger partial charge >= 0.3 is 5.63 Å². The summed E-state index contributed by atoms with van der Waals surface area (Å²) in [4.78, 5) is 25.4. The van der Waals surface area contributed by atoms with E-state index in [1.165, 1.54) is 6.42 Å². The molecule has 3 aliphatic rings. The molecule has 0 radical (unpaired) electrons. The number of ketones is 1. The molecule has 2 atom stereocenters. The smallest absolute Gasteiger partial charge is 0.339 e. The second kappa shape index (κ2) is 5.45. The third kappa shape index (κ3) is 2.20. The van der Waals surface area contributed by atoms with E-state index in [1.807, 2.05) is 13.0 Å². The molecule has 1 fully saturated rings. The van der Waals surface area contributed by atoms with Gasteiger partial charge in [-0.2, -0.15) is 0 Å². The van der Waals surface area contributed by atoms with Crippen molar-refractivity contribution in [2.45, 2.75) is 70.8 Å². The lowest BCUT2D eigenvalue weighted by atomic mass is 9.74. The molecule has 0 bridgehead atoms. The van der Waals surface area contributed by atoms with Crippen molar-refractivity contribution in [3.05, 3.63) is 38.7 Å². The van der Waals surface area contributed by atoms with Crippen molar-refractivity contribution < 1.29 is 13.9 Å². The Labute approximate surface area is 152 Å². The minimum Gasteiger partial charge on any atom is -0.486 e. The minimum absolute atomic E-state index is 0.170. The van der Waals surface area contributed by atoms with Gasteiger partial charge in [0.1, 0.15) is 16.9 Å². The van der Waals surface area contributed by atoms with Gasteiger partial charge in [-0.15, -0.1) is 0 Å². The summed E-state index contributed by atoms with van der Waals surface area (Å²) in [5.41, 5.74) is 3.33. The third-order valence-corrected chi connectivity index (χ3v) is 6.59. The van der Waals surface area contributed by atoms with E-state index in [1.54, 1.807) is 0 Å². The molecule has 1 spiro atoms. The maximum absolute atomic E-state index is 13.1. The van der Waals surface area contributed by atoms with E-state index in [9.17, 15) is 9.59 Å². The van der Waals surface area contributed by atoms with E-state index in [-0.39, 0.29) is 17.0 Å². The molecule has 2 heterocycles. The van der Waals surface area contributed by atoms with Crippen LogP contribution in [0.2, 0.25) is 0 Å². The van der Waals surface area contributed by atoms with Crippen molar-refractivity contribution in [2.24, 2.45) is 5.92 Å². The van der Waals surface area contributed by atoms with E-state index in [0.29, 0.717) is 29.2 Å². The van der Waals surface area contributed by atoms with Crippen LogP contribution in [-0.2, 0) is 12.8 Å². The molecule has 2 aromatic rings. The van der Waals surface area contributed by atoms with Crippen molar-refractivity contribution in [3.8, 4) is 5.75 Å². The number of fused-ring (bicyclic) bond motifs is 4. The van der Waals surface area contributed by atoms with Gasteiger partial charge in [0.2, 0.25) is 0 Å². The Morgan fingerprint density at radius 3 is 2.77 bits per heavy atom. The maximum Gasteiger partial charge on any atom is 0.339 e. The summed E-state index contributed by atoms with van der Waals surface area (Å²) in [5, 5.41) is 0.929. The summed E-state index contributed by atoms with van der Waals surface area (Å²) in [6, 6.07) is 1.92. The third-order valence-electron chi connectivity index (χ3n) is 6.59. The van der Waals surface area contributed by atoms with Crippen LogP contribution >= 0.6 is 0 Å². The Bertz CT molecular complexity index is 1000. The molecule has 5 rings (SSSR count). The monoisotopic (exact) mass is 352 g/mol. The van der Waals surface area contributed by atoms with Gasteiger partial charge in [-0.1, -0.05) is 13.3 Å². The van der Waals surface area contributed by atoms with Gasteiger partial charge in [0.05, 0.1) is 12.0 Å². The summed E-state index contributed by atoms with van der Waals surface area (Å²) < 4.78 is 12.2. The predicted octanol–water partition coefficient (Wildman–Crippen LogP) is 4.50. The Balaban J connectivity index is 1.72. The first-order valence-electron chi connectivity index (χ1n) is 9.82. The molecule has 4 nitrogen and oxygen atoms in total. The quantitative estimate of drug-likeness (QED) is 0.655. The Morgan fingerprint density at radius 2 is 1.96 bits per heavy atom. The first-order chi connectivity index (χ1) is 12.5. The summed E-state index contributed by atoms with van der Waals surface area (Å²) >= 11 is 0. The average Bonchev–Trinajstić information content (AvgIpc) is 3.08. The summed E-state index contributed by atoms with van der Waals surface area (Å²) in [5.74, 6) is 1.38. The fourth-order valence-electron chi connectivity index (χ4n) is 5.40. The predicted molar refractivity (Wildman–Crippen MR) is 99.2 cm³/mol. The zero-order valence-corrected chi connectivity index (χ0v) is 15.4. The summed E-state index contributed by atoms with van der Waals surface area (Å²) in [7, 11) is 0. The van der Waals surface area contributed by atoms with Gasteiger partial charge in [0.15, 0.2) is 5.78 Å². The normalized spacial score (nSPS) is 27.5. The first-order valence-corrected chi connectivity index (χ1v) is 9.82. The lowest BCUT2D eigenvalue weighted by Gasteiger charge is -2.43. The van der Waals surface area contributed by atoms with Gasteiger partial charge < -0.3 is 9.15 Å². The van der Waals surface area contributed by atoms with Gasteiger partial charge in [-0.25, -0.2) is 4.79 Å². The molecule has 1 saturated carbocycles. The van der Waals surface area contributed by atoms with Crippen LogP contribution in [0.15, 0.2) is 15.3 Å². The molecular weight excluding hydrogens is 328 g/mol. The molecule has 0 saturated heterocycles. The highest BCUT2D eigenvalue weighted by Crippen LogP contribution is 2.46. The molecular formula is C22H24O4. The largest absolute Gasteiger partial charge is 0.486 e. The van der Waals surface area contributed by atoms with Gasteiger partial charge in [0, 0.05) is 16.5 Å². The van der Waals surface area contributed by atoms with Crippen LogP contribution in [0.1, 0.15) is 72.5 Å². The molecule has 0 N–H and O–H groups in total. The van der Waals surface area contributed by atoms with Crippen molar-refractivity contribution >= 4 is 16.8 Å². The summed E-state index contributed by atoms with van der Waals surface area (Å²) in [6.45, 7) is 4.16. The Hall–Kier alpha value is -2.10. The van der Waals surface area contributed by atoms with E-state index < -0.39 is 0 Å². The number of hydrogen-bond donors (Lipinski definition) is 0. The number of hydrogen-bond acceptors (Lipinski definition) is 4. The SMILES string of the molecule is Cc1c2c(cc3c4c(c(=O)oc13)CCC4)C(=O)C[C@@]1(CCC[C@H](C)C1)O2. The number of benzene rings is 1. The topological polar surface area (TPSA) is 56.5 Å². The number of aryl methyl sites for hydroxylation is 2. The molecule has 0 amide bonds. The van der Waals surface area contributed by atoms with Crippen molar-refractivity contribution in [2.75, 3.05) is 0 Å². The molecule has 1 aromatic carbocycles. The number of carbonyl (C=O) groups excluding carboxylic acids is 1. The number of rotatable bonds is 0. The van der Waals surface area contributed by atoms with Crippen LogP contribution in [-0.4, -0.2) is 11.4 Å². The molecule has 26 heavy (non-hydrogen) atoms. The highest BCUT2D eigenvalue weighted by Gasteiger charge is 2.44. The Kier molecular flexibility index (Phi) is 3.37. The second-order valence-corrected chi connectivity index (χ2v) is 8.54. The van der Waals surface area contributed by atoms with Crippen LogP contribution < -0.4 is 10.4 Å².